The molecule has 3 N–H and O–H groups in total. The van der Waals surface area contributed by atoms with E-state index in [1.807, 2.05) is 24.7 Å². The lowest BCUT2D eigenvalue weighted by molar-refractivity contribution is 0.210. The molecule has 1 atom stereocenters. The Morgan fingerprint density at radius 2 is 2.10 bits per heavy atom. The lowest BCUT2D eigenvalue weighted by atomic mass is 10.0. The molecule has 0 aliphatic rings. The number of hydrogen-bond donors (Lipinski definition) is 2. The lowest BCUT2D eigenvalue weighted by Gasteiger charge is -2.11. The molecular weight excluding hydrogens is 286 g/mol. The second kappa shape index (κ2) is 8.84. The number of aliphatic hydroxyl groups is 1. The first-order valence-electron chi connectivity index (χ1n) is 7.32. The maximum absolute atomic E-state index is 9.22. The summed E-state index contributed by atoms with van der Waals surface area (Å²) in [5, 5.41) is 9.87. The number of fused-ring (bicyclic) bond motifs is 1. The largest absolute Gasteiger partial charge is 0.396 e. The minimum absolute atomic E-state index is 0.219. The van der Waals surface area contributed by atoms with Crippen molar-refractivity contribution in [2.75, 3.05) is 18.6 Å². The Morgan fingerprint density at radius 3 is 2.67 bits per heavy atom. The van der Waals surface area contributed by atoms with Crippen molar-refractivity contribution in [1.29, 1.82) is 0 Å². The Bertz CT molecular complexity index is 554. The van der Waals surface area contributed by atoms with Gasteiger partial charge in [0, 0.05) is 13.2 Å². The molecule has 118 valence electrons. The summed E-state index contributed by atoms with van der Waals surface area (Å²) in [6.07, 6.45) is 5.53. The molecule has 21 heavy (non-hydrogen) atoms. The minimum atomic E-state index is 0.219. The third kappa shape index (κ3) is 4.31. The van der Waals surface area contributed by atoms with Crippen LogP contribution in [0.25, 0.3) is 11.2 Å². The maximum Gasteiger partial charge on any atom is 0.191 e. The Morgan fingerprint density at radius 1 is 1.38 bits per heavy atom. The van der Waals surface area contributed by atoms with E-state index in [0.717, 1.165) is 25.0 Å². The van der Waals surface area contributed by atoms with Gasteiger partial charge in [-0.1, -0.05) is 39.0 Å². The first-order valence-corrected chi connectivity index (χ1v) is 8.55. The van der Waals surface area contributed by atoms with Crippen molar-refractivity contribution in [3.63, 3.8) is 0 Å². The van der Waals surface area contributed by atoms with Gasteiger partial charge in [0.05, 0.1) is 6.33 Å². The Balaban J connectivity index is 0.00000106. The van der Waals surface area contributed by atoms with E-state index in [4.69, 9.17) is 5.73 Å². The highest BCUT2D eigenvalue weighted by Gasteiger charge is 2.12. The minimum Gasteiger partial charge on any atom is -0.396 e. The molecule has 2 heterocycles. The third-order valence-electron chi connectivity index (χ3n) is 3.27. The van der Waals surface area contributed by atoms with Gasteiger partial charge in [-0.3, -0.25) is 0 Å². The predicted octanol–water partition coefficient (Wildman–Crippen LogP) is 2.57. The number of nitrogens with two attached hydrogens (primary N) is 1. The van der Waals surface area contributed by atoms with Crippen LogP contribution in [0.1, 0.15) is 33.6 Å². The van der Waals surface area contributed by atoms with Gasteiger partial charge < -0.3 is 15.4 Å². The molecule has 0 saturated heterocycles. The molecule has 0 fully saturated rings. The monoisotopic (exact) mass is 311 g/mol. The molecule has 0 aromatic carbocycles. The molecule has 0 unspecified atom stereocenters. The number of anilines is 1. The molecule has 0 aliphatic carbocycles. The van der Waals surface area contributed by atoms with Crippen LogP contribution < -0.4 is 5.73 Å². The molecule has 7 heteroatoms. The number of aliphatic hydroxyl groups excluding tert-OH is 1. The zero-order valence-corrected chi connectivity index (χ0v) is 14.0. The molecule has 0 radical (unpaired) electrons. The van der Waals surface area contributed by atoms with E-state index >= 15 is 0 Å². The summed E-state index contributed by atoms with van der Waals surface area (Å²) in [6.45, 7) is 7.08. The molecule has 0 spiro atoms. The van der Waals surface area contributed by atoms with Crippen LogP contribution in [0.2, 0.25) is 0 Å². The number of aromatic nitrogens is 4. The van der Waals surface area contributed by atoms with Crippen molar-refractivity contribution >= 4 is 28.7 Å². The van der Waals surface area contributed by atoms with Gasteiger partial charge in [-0.25, -0.2) is 15.0 Å². The van der Waals surface area contributed by atoms with Gasteiger partial charge in [-0.15, -0.1) is 0 Å². The van der Waals surface area contributed by atoms with Gasteiger partial charge in [0.2, 0.25) is 0 Å². The summed E-state index contributed by atoms with van der Waals surface area (Å²) in [5.74, 6) is 0.735. The summed E-state index contributed by atoms with van der Waals surface area (Å²) < 4.78 is 1.98. The highest BCUT2D eigenvalue weighted by atomic mass is 32.2. The number of aryl methyl sites for hydroxylation is 1. The van der Waals surface area contributed by atoms with Crippen molar-refractivity contribution < 1.29 is 5.11 Å². The van der Waals surface area contributed by atoms with Gasteiger partial charge in [-0.05, 0) is 18.6 Å². The Kier molecular flexibility index (Phi) is 7.45. The average Bonchev–Trinajstić information content (AvgIpc) is 2.94. The fourth-order valence-corrected chi connectivity index (χ4v) is 2.31. The second-order valence-electron chi connectivity index (χ2n) is 4.45. The van der Waals surface area contributed by atoms with E-state index in [1.54, 1.807) is 6.33 Å². The fraction of sp³-hybridized carbons (Fsp3) is 0.643. The van der Waals surface area contributed by atoms with Gasteiger partial charge in [0.25, 0.3) is 0 Å². The predicted molar refractivity (Wildman–Crippen MR) is 88.3 cm³/mol. The van der Waals surface area contributed by atoms with Crippen LogP contribution in [0, 0.1) is 5.92 Å². The Labute approximate surface area is 130 Å². The number of hydrogen-bond acceptors (Lipinski definition) is 6. The quantitative estimate of drug-likeness (QED) is 0.629. The van der Waals surface area contributed by atoms with Crippen LogP contribution in [0.4, 0.5) is 5.82 Å². The fourth-order valence-electron chi connectivity index (χ4n) is 1.95. The van der Waals surface area contributed by atoms with E-state index in [2.05, 4.69) is 21.9 Å². The number of nitrogen functional groups attached to an aromatic ring is 1. The zero-order valence-electron chi connectivity index (χ0n) is 13.2. The highest BCUT2D eigenvalue weighted by Crippen LogP contribution is 2.21. The summed E-state index contributed by atoms with van der Waals surface area (Å²) in [4.78, 5) is 12.9. The van der Waals surface area contributed by atoms with E-state index in [1.165, 1.54) is 11.8 Å². The normalized spacial score (nSPS) is 12.0. The highest BCUT2D eigenvalue weighted by molar-refractivity contribution is 7.98. The van der Waals surface area contributed by atoms with Crippen LogP contribution in [0.5, 0.6) is 0 Å². The molecule has 2 aromatic heterocycles. The van der Waals surface area contributed by atoms with E-state index in [-0.39, 0.29) is 6.61 Å². The molecule has 0 aliphatic heterocycles. The van der Waals surface area contributed by atoms with Crippen LogP contribution >= 0.6 is 11.8 Å². The second-order valence-corrected chi connectivity index (χ2v) is 5.22. The third-order valence-corrected chi connectivity index (χ3v) is 3.81. The SMILES string of the molecule is CC.CC[C@H](CO)CCn1cnc2c(N)nc(SC)nc21. The zero-order chi connectivity index (χ0) is 15.8. The average molecular weight is 311 g/mol. The van der Waals surface area contributed by atoms with Crippen LogP contribution in [0.15, 0.2) is 11.5 Å². The maximum atomic E-state index is 9.22. The van der Waals surface area contributed by atoms with Gasteiger partial charge in [0.1, 0.15) is 5.52 Å². The van der Waals surface area contributed by atoms with E-state index in [0.29, 0.717) is 22.4 Å². The Hall–Kier alpha value is -1.34. The summed E-state index contributed by atoms with van der Waals surface area (Å²) >= 11 is 1.46. The van der Waals surface area contributed by atoms with Crippen LogP contribution in [-0.4, -0.2) is 37.5 Å². The van der Waals surface area contributed by atoms with Crippen molar-refractivity contribution in [2.45, 2.75) is 45.3 Å². The summed E-state index contributed by atoms with van der Waals surface area (Å²) in [6, 6.07) is 0. The van der Waals surface area contributed by atoms with Crippen molar-refractivity contribution in [2.24, 2.45) is 5.92 Å². The number of rotatable bonds is 6. The number of nitrogens with zero attached hydrogens (tertiary/aromatic N) is 4. The van der Waals surface area contributed by atoms with Crippen LogP contribution in [-0.2, 0) is 6.54 Å². The van der Waals surface area contributed by atoms with Crippen LogP contribution in [0.3, 0.4) is 0 Å². The van der Waals surface area contributed by atoms with Crippen molar-refractivity contribution in [1.82, 2.24) is 19.5 Å². The lowest BCUT2D eigenvalue weighted by Crippen LogP contribution is -2.09. The summed E-state index contributed by atoms with van der Waals surface area (Å²) in [5.41, 5.74) is 7.29. The molecular formula is C14H25N5OS. The smallest absolute Gasteiger partial charge is 0.191 e. The van der Waals surface area contributed by atoms with Gasteiger partial charge in [-0.2, -0.15) is 0 Å². The first-order chi connectivity index (χ1) is 10.2. The topological polar surface area (TPSA) is 89.8 Å². The molecule has 2 aromatic rings. The van der Waals surface area contributed by atoms with Crippen molar-refractivity contribution in [3.05, 3.63) is 6.33 Å². The van der Waals surface area contributed by atoms with E-state index in [9.17, 15) is 5.11 Å². The standard InChI is InChI=1S/C12H19N5OS.C2H6/c1-3-8(6-18)4-5-17-7-14-9-10(13)15-12(19-2)16-11(9)17;1-2/h7-8,18H,3-6H2,1-2H3,(H2,13,15,16);1-2H3/t8-;/m0./s1. The molecule has 2 rings (SSSR count). The van der Waals surface area contributed by atoms with Gasteiger partial charge >= 0.3 is 0 Å². The molecule has 6 nitrogen and oxygen atoms in total. The van der Waals surface area contributed by atoms with Crippen molar-refractivity contribution in [3.8, 4) is 0 Å². The molecule has 0 amide bonds. The molecule has 0 saturated carbocycles. The number of thioether (sulfide) groups is 1. The molecule has 0 bridgehead atoms. The first kappa shape index (κ1) is 17.7. The van der Waals surface area contributed by atoms with E-state index < -0.39 is 0 Å². The number of imidazole rings is 1. The summed E-state index contributed by atoms with van der Waals surface area (Å²) in [7, 11) is 0. The van der Waals surface area contributed by atoms with Gasteiger partial charge in [0.15, 0.2) is 16.6 Å².